The molecular weight excluding hydrogens is 1470 g/mol. The predicted molar refractivity (Wildman–Crippen MR) is 433 cm³/mol. The highest BCUT2D eigenvalue weighted by Gasteiger charge is 2.36. The van der Waals surface area contributed by atoms with E-state index in [1.165, 1.54) is 0 Å². The number of nitrogens with zero attached hydrogens (tertiary/aromatic N) is 7. The minimum atomic E-state index is -0.0640. The van der Waals surface area contributed by atoms with Crippen LogP contribution < -0.4 is 42.6 Å². The summed E-state index contributed by atoms with van der Waals surface area (Å²) in [6.45, 7) is 0. The molecule has 16 nitrogen and oxygen atoms in total. The van der Waals surface area contributed by atoms with Gasteiger partial charge in [-0.2, -0.15) is 0 Å². The van der Waals surface area contributed by atoms with Crippen molar-refractivity contribution in [1.82, 2.24) is 39.6 Å². The molecular formula is C80H50Cl8N16. The number of fused-ring (bicyclic) bond motifs is 20. The molecule has 0 amide bonds. The number of hydrogen-bond donors (Lipinski definition) is 9. The molecule has 104 heavy (non-hydrogen) atoms. The number of H-pyrrole nitrogens is 1. The lowest BCUT2D eigenvalue weighted by Crippen LogP contribution is -2.10. The van der Waals surface area contributed by atoms with Crippen molar-refractivity contribution in [3.63, 3.8) is 0 Å². The third-order valence-corrected chi connectivity index (χ3v) is 21.1. The van der Waals surface area contributed by atoms with E-state index in [0.29, 0.717) is 78.8 Å². The van der Waals surface area contributed by atoms with Crippen molar-refractivity contribution in [2.45, 2.75) is 0 Å². The molecule has 0 spiro atoms. The fraction of sp³-hybridized carbons (Fsp3) is 0. The molecule has 0 saturated carbocycles. The zero-order chi connectivity index (χ0) is 70.7. The number of benzene rings is 12. The monoisotopic (exact) mass is 1510 g/mol. The first-order valence-corrected chi connectivity index (χ1v) is 35.5. The SMILES string of the molecule is Clc1c(Cl)c(Cl)c2c(c1Cl)-c1nc-2nc2c3c(Nc4ccccc4)c(Nc4ccccc4)c(Nc4ccccc4)c(Nc4ccccc4)c3c(nc3nc(nc4[nH]c(n1)c1c(Cl)c(Cl)c(Cl)c(Cl)c41)-c1cc(Nc4ccccc4)c(Nc4ccccc4)c(Nc4ccccc4)c1-3)n2Nc1ccccc1. The van der Waals surface area contributed by atoms with Gasteiger partial charge in [-0.1, -0.05) is 238 Å². The van der Waals surface area contributed by atoms with Gasteiger partial charge in [-0.05, 0) is 103 Å². The van der Waals surface area contributed by atoms with Crippen molar-refractivity contribution in [2.24, 2.45) is 0 Å². The molecule has 3 aromatic heterocycles. The molecule has 506 valence electrons. The Morgan fingerprint density at radius 2 is 0.548 bits per heavy atom. The van der Waals surface area contributed by atoms with Crippen LogP contribution in [0.2, 0.25) is 40.2 Å². The van der Waals surface area contributed by atoms with Crippen LogP contribution in [0.5, 0.6) is 0 Å². The maximum atomic E-state index is 7.57. The van der Waals surface area contributed by atoms with Crippen LogP contribution in [0.15, 0.2) is 249 Å². The number of hydrogen-bond acceptors (Lipinski definition) is 14. The summed E-state index contributed by atoms with van der Waals surface area (Å²) in [5.74, 6) is 0.307. The Labute approximate surface area is 634 Å². The van der Waals surface area contributed by atoms with Crippen molar-refractivity contribution in [3.8, 4) is 45.6 Å². The zero-order valence-electron chi connectivity index (χ0n) is 53.8. The maximum absolute atomic E-state index is 7.57. The average Bonchev–Trinajstić information content (AvgIpc) is 1.55. The number of aromatic amines is 1. The normalized spacial score (nSPS) is 11.5. The molecule has 8 bridgehead atoms. The van der Waals surface area contributed by atoms with Crippen LogP contribution in [0, 0.1) is 0 Å². The van der Waals surface area contributed by atoms with Gasteiger partial charge in [0.2, 0.25) is 0 Å². The molecule has 0 atom stereocenters. The molecule has 9 N–H and O–H groups in total. The minimum Gasteiger partial charge on any atom is -0.354 e. The van der Waals surface area contributed by atoms with Gasteiger partial charge in [0.15, 0.2) is 34.6 Å². The van der Waals surface area contributed by atoms with E-state index >= 15 is 0 Å². The third kappa shape index (κ3) is 12.2. The Morgan fingerprint density at radius 1 is 0.250 bits per heavy atom. The van der Waals surface area contributed by atoms with Gasteiger partial charge in [-0.15, -0.1) is 0 Å². The highest BCUT2D eigenvalue weighted by Crippen LogP contribution is 2.57. The van der Waals surface area contributed by atoms with E-state index in [1.807, 2.05) is 253 Å². The number of anilines is 15. The van der Waals surface area contributed by atoms with Gasteiger partial charge in [0.1, 0.15) is 11.3 Å². The van der Waals surface area contributed by atoms with E-state index in [0.717, 1.165) is 28.4 Å². The van der Waals surface area contributed by atoms with Crippen LogP contribution in [0.3, 0.4) is 0 Å². The van der Waals surface area contributed by atoms with E-state index in [2.05, 4.69) is 47.6 Å². The molecule has 0 unspecified atom stereocenters. The Hall–Kier alpha value is -11.3. The van der Waals surface area contributed by atoms with Gasteiger partial charge in [0, 0.05) is 45.4 Å². The number of halogens is 8. The second kappa shape index (κ2) is 27.8. The number of para-hydroxylation sites is 8. The fourth-order valence-electron chi connectivity index (χ4n) is 12.8. The van der Waals surface area contributed by atoms with Crippen LogP contribution in [0.25, 0.3) is 89.7 Å². The van der Waals surface area contributed by atoms with Gasteiger partial charge >= 0.3 is 0 Å². The van der Waals surface area contributed by atoms with Crippen molar-refractivity contribution >= 4 is 222 Å². The number of nitrogens with one attached hydrogen (secondary N) is 9. The quantitative estimate of drug-likeness (QED) is 0.0328. The zero-order valence-corrected chi connectivity index (χ0v) is 59.9. The Kier molecular flexibility index (Phi) is 17.7. The maximum Gasteiger partial charge on any atom is 0.167 e. The van der Waals surface area contributed by atoms with Crippen LogP contribution in [0.1, 0.15) is 0 Å². The molecule has 15 aromatic rings. The number of rotatable bonds is 16. The van der Waals surface area contributed by atoms with Gasteiger partial charge < -0.3 is 42.2 Å². The third-order valence-electron chi connectivity index (χ3n) is 17.5. The van der Waals surface area contributed by atoms with E-state index in [4.69, 9.17) is 123 Å². The topological polar surface area (TPSA) is 194 Å². The van der Waals surface area contributed by atoms with Crippen molar-refractivity contribution in [2.75, 3.05) is 42.6 Å². The van der Waals surface area contributed by atoms with Crippen molar-refractivity contribution in [1.29, 1.82) is 0 Å². The summed E-state index contributed by atoms with van der Waals surface area (Å²) in [5.41, 5.74) is 15.7. The summed E-state index contributed by atoms with van der Waals surface area (Å²) in [4.78, 5) is 37.2. The van der Waals surface area contributed by atoms with Crippen LogP contribution in [-0.4, -0.2) is 39.6 Å². The summed E-state index contributed by atoms with van der Waals surface area (Å²) < 4.78 is 1.81. The van der Waals surface area contributed by atoms with Crippen LogP contribution in [0.4, 0.5) is 85.3 Å². The lowest BCUT2D eigenvalue weighted by atomic mass is 10.0. The molecule has 5 heterocycles. The summed E-state index contributed by atoms with van der Waals surface area (Å²) in [6.07, 6.45) is 0. The molecule has 17 rings (SSSR count). The van der Waals surface area contributed by atoms with Gasteiger partial charge in [0.05, 0.1) is 124 Å². The van der Waals surface area contributed by atoms with Crippen LogP contribution >= 0.6 is 92.8 Å². The van der Waals surface area contributed by atoms with E-state index in [-0.39, 0.29) is 108 Å². The Morgan fingerprint density at radius 3 is 0.942 bits per heavy atom. The van der Waals surface area contributed by atoms with Gasteiger partial charge in [0.25, 0.3) is 0 Å². The molecule has 2 aliphatic rings. The minimum absolute atomic E-state index is 0.000213. The lowest BCUT2D eigenvalue weighted by molar-refractivity contribution is 1.00. The lowest BCUT2D eigenvalue weighted by Gasteiger charge is -2.24. The summed E-state index contributed by atoms with van der Waals surface area (Å²) in [6, 6.07) is 80.8. The second-order valence-electron chi connectivity index (χ2n) is 24.0. The summed E-state index contributed by atoms with van der Waals surface area (Å²) >= 11 is 58.3. The average molecular weight is 1520 g/mol. The Bertz CT molecular complexity index is 6070. The van der Waals surface area contributed by atoms with Gasteiger partial charge in [-0.25, -0.2) is 34.6 Å². The van der Waals surface area contributed by atoms with E-state index < -0.39 is 0 Å². The van der Waals surface area contributed by atoms with Gasteiger partial charge in [-0.3, -0.25) is 5.43 Å². The Balaban J connectivity index is 1.16. The smallest absolute Gasteiger partial charge is 0.167 e. The predicted octanol–water partition coefficient (Wildman–Crippen LogP) is 25.7. The number of aromatic nitrogens is 8. The fourth-order valence-corrected chi connectivity index (χ4v) is 14.9. The molecule has 0 aliphatic carbocycles. The molecule has 0 fully saturated rings. The molecule has 24 heteroatoms. The summed E-state index contributed by atoms with van der Waals surface area (Å²) in [5, 5.41) is 28.3. The first kappa shape index (κ1) is 66.0. The van der Waals surface area contributed by atoms with Crippen LogP contribution in [-0.2, 0) is 0 Å². The molecule has 0 saturated heterocycles. The molecule has 0 radical (unpaired) electrons. The standard InChI is InChI=1S/C80H50Cl8N16/c81-59-53-54(60(82)64(86)63(59)85)76-98-75(53)97-73-50-41-51(89-42-25-9-1-10-26-42)67(90-43-27-11-2-12-28-43)68(91-44-29-13-3-14-30-44)52(50)74(96-73)101-79-57-58(80(104(79)103-49-39-23-8-24-40-49)102-78-56-55(77(99-76)100-78)61(83)65(87)66(88)62(56)84)70(93-46-33-17-5-18-34-46)72(95-48-37-21-7-22-38-48)71(94-47-35-19-6-20-36-47)69(57)92-45-31-15-4-16-32-45/h1-41,89-95,103H,(H,96,97,98,99,100,101,102). The second-order valence-corrected chi connectivity index (χ2v) is 27.1. The molecule has 12 aromatic carbocycles. The highest BCUT2D eigenvalue weighted by molar-refractivity contribution is 6.57. The highest BCUT2D eigenvalue weighted by atomic mass is 35.5. The largest absolute Gasteiger partial charge is 0.354 e. The van der Waals surface area contributed by atoms with E-state index in [9.17, 15) is 0 Å². The molecule has 2 aliphatic heterocycles. The summed E-state index contributed by atoms with van der Waals surface area (Å²) in [7, 11) is 0. The van der Waals surface area contributed by atoms with E-state index in [1.54, 1.807) is 0 Å². The van der Waals surface area contributed by atoms with Crippen molar-refractivity contribution in [3.05, 3.63) is 289 Å². The first-order chi connectivity index (χ1) is 50.9. The van der Waals surface area contributed by atoms with Crippen molar-refractivity contribution < 1.29 is 0 Å². The first-order valence-electron chi connectivity index (χ1n) is 32.5.